The molecular weight excluding hydrogens is 759 g/mol. The van der Waals surface area contributed by atoms with Gasteiger partial charge in [0, 0.05) is 0 Å². The Morgan fingerprint density at radius 2 is 0.604 bits per heavy atom. The van der Waals surface area contributed by atoms with Gasteiger partial charge in [0.1, 0.15) is 0 Å². The Kier molecular flexibility index (Phi) is 15.5. The molecule has 0 radical (unpaired) electrons. The minimum absolute atomic E-state index is 0. The van der Waals surface area contributed by atoms with E-state index in [1.54, 1.807) is 5.20 Å². The molecule has 0 unspecified atom stereocenters. The maximum Gasteiger partial charge on any atom is -0.147 e. The van der Waals surface area contributed by atoms with Crippen LogP contribution in [0.4, 0.5) is 0 Å². The molecule has 4 rings (SSSR count). The molecule has 0 amide bonds. The van der Waals surface area contributed by atoms with Crippen LogP contribution in [0, 0.1) is 0 Å². The van der Waals surface area contributed by atoms with Crippen LogP contribution in [0.3, 0.4) is 0 Å². The number of allylic oxidation sites excluding steroid dienone is 4. The molecule has 0 atom stereocenters. The summed E-state index contributed by atoms with van der Waals surface area (Å²) in [6.45, 7) is 45.5. The summed E-state index contributed by atoms with van der Waals surface area (Å²) in [5, 5.41) is 6.14. The zero-order valence-electron chi connectivity index (χ0n) is 36.7. The summed E-state index contributed by atoms with van der Waals surface area (Å²) in [7, 11) is -2.95. The van der Waals surface area contributed by atoms with Crippen molar-refractivity contribution in [2.75, 3.05) is 0 Å². The van der Waals surface area contributed by atoms with Crippen LogP contribution < -0.4 is 15.6 Å². The monoisotopic (exact) mass is 829 g/mol. The summed E-state index contributed by atoms with van der Waals surface area (Å²) in [6.07, 6.45) is 3.66. The number of halogens is 3. The van der Waals surface area contributed by atoms with Gasteiger partial charge >= 0.3 is 323 Å². The number of benzene rings is 3. The summed E-state index contributed by atoms with van der Waals surface area (Å²) in [6, 6.07) is 23.4. The second kappa shape index (κ2) is 16.4. The van der Waals surface area contributed by atoms with Crippen LogP contribution in [0.2, 0.25) is 0 Å². The van der Waals surface area contributed by atoms with E-state index < -0.39 is 8.07 Å². The van der Waals surface area contributed by atoms with Crippen molar-refractivity contribution in [2.24, 2.45) is 0 Å². The number of hydrogen-bond donors (Lipinski definition) is 0. The van der Waals surface area contributed by atoms with Crippen molar-refractivity contribution in [3.8, 4) is 0 Å². The first-order valence-corrected chi connectivity index (χ1v) is 21.8. The van der Waals surface area contributed by atoms with Crippen molar-refractivity contribution in [1.29, 1.82) is 0 Å². The van der Waals surface area contributed by atoms with Crippen molar-refractivity contribution in [3.05, 3.63) is 109 Å². The second-order valence-corrected chi connectivity index (χ2v) is 26.3. The molecule has 0 N–H and O–H groups in total. The third kappa shape index (κ3) is 10.5. The van der Waals surface area contributed by atoms with Crippen LogP contribution in [-0.4, -0.2) is 8.07 Å². The van der Waals surface area contributed by atoms with Gasteiger partial charge in [0.05, 0.1) is 0 Å². The molecule has 0 saturated carbocycles. The quantitative estimate of drug-likeness (QED) is 0.182. The molecule has 53 heavy (non-hydrogen) atoms. The Morgan fingerprint density at radius 3 is 0.755 bits per heavy atom. The number of rotatable bonds is 4. The van der Waals surface area contributed by atoms with Gasteiger partial charge in [0.2, 0.25) is 0 Å². The van der Waals surface area contributed by atoms with E-state index >= 15 is 0 Å². The van der Waals surface area contributed by atoms with Crippen LogP contribution in [0.5, 0.6) is 0 Å². The summed E-state index contributed by atoms with van der Waals surface area (Å²) >= 11 is 2.36. The molecule has 0 nitrogen and oxygen atoms in total. The zero-order valence-corrected chi connectivity index (χ0v) is 41.7. The van der Waals surface area contributed by atoms with Crippen LogP contribution in [0.1, 0.15) is 171 Å². The average Bonchev–Trinajstić information content (AvgIpc) is 3.28. The maximum atomic E-state index is 2.64. The molecule has 0 saturated heterocycles. The molecule has 0 heterocycles. The predicted molar refractivity (Wildman–Crippen MR) is 243 cm³/mol. The smallest absolute Gasteiger partial charge is 0.147 e. The van der Waals surface area contributed by atoms with Gasteiger partial charge in [-0.1, -0.05) is 0 Å². The standard InChI is InChI=1S/C48H69Si.3ClH.Ti/c1-32-21-20-22-42(32)49(39-26-33(43(2,3)4)23-34(27-39)44(5,6)7,40-28-35(45(8,9)10)24-36(29-40)46(11,12)13)41-30-37(47(14,15)16)25-38(31-41)48(17,18)19;;;;/h22-31H,20H2,1-19H3;3*1H;. The summed E-state index contributed by atoms with van der Waals surface area (Å²) in [5.74, 6) is 0. The first-order chi connectivity index (χ1) is 22.4. The average molecular weight is 831 g/mol. The summed E-state index contributed by atoms with van der Waals surface area (Å²) in [5.41, 5.74) is 10.1. The van der Waals surface area contributed by atoms with E-state index in [0.717, 1.165) is 6.42 Å². The van der Waals surface area contributed by atoms with Crippen molar-refractivity contribution in [2.45, 2.75) is 170 Å². The molecule has 0 spiro atoms. The third-order valence-corrected chi connectivity index (χ3v) is 16.8. The fourth-order valence-electron chi connectivity index (χ4n) is 7.20. The molecule has 0 bridgehead atoms. The van der Waals surface area contributed by atoms with E-state index in [4.69, 9.17) is 0 Å². The molecule has 1 aliphatic carbocycles. The van der Waals surface area contributed by atoms with Crippen molar-refractivity contribution >= 4 is 60.9 Å². The predicted octanol–water partition coefficient (Wildman–Crippen LogP) is 12.9. The molecule has 293 valence electrons. The maximum absolute atomic E-state index is 2.95. The van der Waals surface area contributed by atoms with Gasteiger partial charge in [0.15, 0.2) is 0 Å². The zero-order chi connectivity index (χ0) is 38.2. The summed E-state index contributed by atoms with van der Waals surface area (Å²) in [4.78, 5) is 0. The van der Waals surface area contributed by atoms with Gasteiger partial charge in [0.25, 0.3) is 0 Å². The minimum Gasteiger partial charge on any atom is -0.147 e. The van der Waals surface area contributed by atoms with Crippen LogP contribution in [0.15, 0.2) is 75.3 Å². The largest absolute Gasteiger partial charge is 0.147 e. The van der Waals surface area contributed by atoms with Crippen LogP contribution >= 0.6 is 37.2 Å². The van der Waals surface area contributed by atoms with Crippen molar-refractivity contribution < 1.29 is 20.4 Å². The Bertz CT molecular complexity index is 1560. The van der Waals surface area contributed by atoms with E-state index in [-0.39, 0.29) is 69.7 Å². The molecule has 5 heteroatoms. The first kappa shape index (κ1) is 50.0. The Morgan fingerprint density at radius 1 is 0.396 bits per heavy atom. The van der Waals surface area contributed by atoms with E-state index in [2.05, 4.69) is 213 Å². The summed E-state index contributed by atoms with van der Waals surface area (Å²) < 4.78 is 1.51. The Hall–Kier alpha value is -1.06. The van der Waals surface area contributed by atoms with Gasteiger partial charge < -0.3 is 0 Å². The van der Waals surface area contributed by atoms with E-state index in [9.17, 15) is 0 Å². The van der Waals surface area contributed by atoms with E-state index in [0.29, 0.717) is 0 Å². The SMILES string of the molecule is CC1=[C]([Ti])CC=C1[Si](c1cc(C(C)(C)C)cc(C(C)(C)C)c1)(c1cc(C(C)(C)C)cc(C(C)(C)C)c1)c1cc(C(C)(C)C)cc(C(C)(C)C)c1.Cl.Cl.Cl. The van der Waals surface area contributed by atoms with E-state index in [1.807, 2.05) is 0 Å². The fraction of sp³-hybridized carbons (Fsp3) is 0.542. The molecule has 3 aromatic rings. The molecular formula is C48H72Cl3SiTi. The minimum atomic E-state index is -2.95. The molecule has 3 aromatic carbocycles. The Labute approximate surface area is 357 Å². The molecule has 0 fully saturated rings. The molecule has 1 aliphatic rings. The third-order valence-electron chi connectivity index (χ3n) is 11.1. The van der Waals surface area contributed by atoms with Crippen LogP contribution in [0.25, 0.3) is 0 Å². The Balaban J connectivity index is 0.00000468. The van der Waals surface area contributed by atoms with Gasteiger partial charge in [-0.05, 0) is 0 Å². The van der Waals surface area contributed by atoms with Crippen molar-refractivity contribution in [3.63, 3.8) is 0 Å². The number of hydrogen-bond acceptors (Lipinski definition) is 0. The van der Waals surface area contributed by atoms with Crippen LogP contribution in [-0.2, 0) is 52.9 Å². The fourth-order valence-corrected chi connectivity index (χ4v) is 13.1. The first-order valence-electron chi connectivity index (χ1n) is 19.0. The van der Waals surface area contributed by atoms with Gasteiger partial charge in [-0.15, -0.1) is 37.2 Å². The van der Waals surface area contributed by atoms with Crippen molar-refractivity contribution in [1.82, 2.24) is 0 Å². The van der Waals surface area contributed by atoms with E-state index in [1.165, 1.54) is 58.4 Å². The van der Waals surface area contributed by atoms with Gasteiger partial charge in [-0.25, -0.2) is 0 Å². The molecule has 0 aromatic heterocycles. The molecule has 0 aliphatic heterocycles. The normalized spacial score (nSPS) is 14.6. The van der Waals surface area contributed by atoms with Gasteiger partial charge in [-0.2, -0.15) is 0 Å². The topological polar surface area (TPSA) is 0 Å². The second-order valence-electron chi connectivity index (χ2n) is 21.6. The van der Waals surface area contributed by atoms with Gasteiger partial charge in [-0.3, -0.25) is 0 Å².